The van der Waals surface area contributed by atoms with Gasteiger partial charge in [-0.05, 0) is 18.1 Å². The van der Waals surface area contributed by atoms with Gasteiger partial charge in [-0.1, -0.05) is 13.8 Å². The van der Waals surface area contributed by atoms with Crippen LogP contribution in [0, 0.1) is 0 Å². The van der Waals surface area contributed by atoms with Crippen LogP contribution in [0.25, 0.3) is 0 Å². The largest absolute Gasteiger partial charge is 0.354 e. The lowest BCUT2D eigenvalue weighted by Crippen LogP contribution is -2.42. The first kappa shape index (κ1) is 20.4. The normalized spacial score (nSPS) is 11.6. The van der Waals surface area contributed by atoms with Crippen LogP contribution in [0.1, 0.15) is 41.4 Å². The van der Waals surface area contributed by atoms with E-state index in [9.17, 15) is 4.79 Å². The molecule has 0 aliphatic carbocycles. The van der Waals surface area contributed by atoms with Crippen molar-refractivity contribution in [3.8, 4) is 0 Å². The summed E-state index contributed by atoms with van der Waals surface area (Å²) in [5.74, 6) is 1.00. The lowest BCUT2D eigenvalue weighted by Gasteiger charge is -2.22. The number of pyridine rings is 1. The Balaban J connectivity index is 1.84. The van der Waals surface area contributed by atoms with Crippen molar-refractivity contribution < 1.29 is 4.79 Å². The van der Waals surface area contributed by atoms with E-state index in [1.807, 2.05) is 29.9 Å². The van der Waals surface area contributed by atoms with Gasteiger partial charge in [-0.25, -0.2) is 0 Å². The van der Waals surface area contributed by atoms with Crippen LogP contribution in [0.2, 0.25) is 0 Å². The van der Waals surface area contributed by atoms with E-state index in [2.05, 4.69) is 39.6 Å². The predicted octanol–water partition coefficient (Wildman–Crippen LogP) is 1.38. The van der Waals surface area contributed by atoms with Crippen molar-refractivity contribution in [1.29, 1.82) is 0 Å². The van der Waals surface area contributed by atoms with Crippen LogP contribution in [-0.2, 0) is 13.6 Å². The number of aromatic nitrogens is 3. The third kappa shape index (κ3) is 5.80. The molecule has 0 saturated heterocycles. The van der Waals surface area contributed by atoms with Gasteiger partial charge in [-0.3, -0.25) is 19.5 Å². The smallest absolute Gasteiger partial charge is 0.252 e. The van der Waals surface area contributed by atoms with Crippen molar-refractivity contribution in [3.63, 3.8) is 0 Å². The van der Waals surface area contributed by atoms with E-state index in [1.165, 1.54) is 5.56 Å². The van der Waals surface area contributed by atoms with Gasteiger partial charge in [-0.15, -0.1) is 0 Å². The molecule has 2 rings (SSSR count). The van der Waals surface area contributed by atoms with E-state index < -0.39 is 0 Å². The van der Waals surface area contributed by atoms with Gasteiger partial charge in [0.25, 0.3) is 5.91 Å². The van der Waals surface area contributed by atoms with E-state index in [1.54, 1.807) is 31.6 Å². The number of hydrogen-bond donors (Lipinski definition) is 2. The number of rotatable bonds is 7. The number of aliphatic imine (C=N–C) groups is 1. The maximum Gasteiger partial charge on any atom is 0.252 e. The van der Waals surface area contributed by atoms with Crippen LogP contribution in [-0.4, -0.2) is 58.7 Å². The number of aryl methyl sites for hydroxylation is 1. The fraction of sp³-hybridized carbons (Fsp3) is 0.474. The van der Waals surface area contributed by atoms with Crippen molar-refractivity contribution >= 4 is 11.9 Å². The molecule has 146 valence electrons. The molecule has 0 aliphatic rings. The lowest BCUT2D eigenvalue weighted by molar-refractivity contribution is 0.0954. The summed E-state index contributed by atoms with van der Waals surface area (Å²) >= 11 is 0. The van der Waals surface area contributed by atoms with Crippen molar-refractivity contribution in [2.24, 2.45) is 12.0 Å². The second-order valence-electron chi connectivity index (χ2n) is 6.70. The SMILES string of the molecule is CN=C(NCCNC(=O)c1cccnc1)N(C)Cc1cn(C)nc1C(C)C. The van der Waals surface area contributed by atoms with E-state index in [0.29, 0.717) is 31.1 Å². The maximum atomic E-state index is 12.0. The van der Waals surface area contributed by atoms with Crippen molar-refractivity contribution in [2.75, 3.05) is 27.2 Å². The molecule has 0 atom stereocenters. The Kier molecular flexibility index (Phi) is 7.34. The van der Waals surface area contributed by atoms with Gasteiger partial charge in [0.1, 0.15) is 0 Å². The van der Waals surface area contributed by atoms with Gasteiger partial charge in [0.2, 0.25) is 0 Å². The van der Waals surface area contributed by atoms with E-state index in [0.717, 1.165) is 11.7 Å². The van der Waals surface area contributed by atoms with Crippen LogP contribution in [0.4, 0.5) is 0 Å². The van der Waals surface area contributed by atoms with E-state index in [4.69, 9.17) is 0 Å². The number of nitrogens with one attached hydrogen (secondary N) is 2. The Morgan fingerprint density at radius 3 is 2.70 bits per heavy atom. The van der Waals surface area contributed by atoms with Crippen molar-refractivity contribution in [3.05, 3.63) is 47.5 Å². The number of hydrogen-bond acceptors (Lipinski definition) is 4. The quantitative estimate of drug-likeness (QED) is 0.436. The number of nitrogens with zero attached hydrogens (tertiary/aromatic N) is 5. The highest BCUT2D eigenvalue weighted by Crippen LogP contribution is 2.18. The second-order valence-corrected chi connectivity index (χ2v) is 6.70. The Hall–Kier alpha value is -2.90. The van der Waals surface area contributed by atoms with Crippen molar-refractivity contribution in [2.45, 2.75) is 26.3 Å². The minimum absolute atomic E-state index is 0.134. The molecule has 0 fully saturated rings. The predicted molar refractivity (Wildman–Crippen MR) is 107 cm³/mol. The first-order chi connectivity index (χ1) is 12.9. The van der Waals surface area contributed by atoms with Gasteiger partial charge in [0.15, 0.2) is 5.96 Å². The third-order valence-corrected chi connectivity index (χ3v) is 4.08. The zero-order valence-electron chi connectivity index (χ0n) is 16.7. The monoisotopic (exact) mass is 371 g/mol. The summed E-state index contributed by atoms with van der Waals surface area (Å²) in [6.07, 6.45) is 5.24. The standard InChI is InChI=1S/C19H29N7O/c1-14(2)17-16(13-26(5)24-17)12-25(4)19(20-3)23-10-9-22-18(27)15-7-6-8-21-11-15/h6-8,11,13-14H,9-10,12H2,1-5H3,(H,20,23)(H,22,27). The molecular formula is C19H29N7O. The third-order valence-electron chi connectivity index (χ3n) is 4.08. The second kappa shape index (κ2) is 9.70. The molecule has 8 nitrogen and oxygen atoms in total. The molecule has 2 N–H and O–H groups in total. The molecule has 8 heteroatoms. The molecule has 2 aromatic heterocycles. The fourth-order valence-corrected chi connectivity index (χ4v) is 2.83. The minimum Gasteiger partial charge on any atom is -0.354 e. The van der Waals surface area contributed by atoms with Gasteiger partial charge in [0.05, 0.1) is 11.3 Å². The minimum atomic E-state index is -0.134. The molecule has 0 bridgehead atoms. The van der Waals surface area contributed by atoms with Gasteiger partial charge in [-0.2, -0.15) is 5.10 Å². The highest BCUT2D eigenvalue weighted by Gasteiger charge is 2.15. The topological polar surface area (TPSA) is 87.4 Å². The molecule has 0 aliphatic heterocycles. The molecule has 27 heavy (non-hydrogen) atoms. The number of carbonyl (C=O) groups is 1. The maximum absolute atomic E-state index is 12.0. The van der Waals surface area contributed by atoms with Gasteiger partial charge >= 0.3 is 0 Å². The molecule has 0 unspecified atom stereocenters. The molecule has 0 radical (unpaired) electrons. The van der Waals surface area contributed by atoms with Crippen molar-refractivity contribution in [1.82, 2.24) is 30.3 Å². The van der Waals surface area contributed by atoms with Crippen LogP contribution >= 0.6 is 0 Å². The number of guanidine groups is 1. The summed E-state index contributed by atoms with van der Waals surface area (Å²) in [6.45, 7) is 6.06. The zero-order valence-corrected chi connectivity index (χ0v) is 16.7. The molecule has 0 aromatic carbocycles. The Morgan fingerprint density at radius 2 is 2.07 bits per heavy atom. The van der Waals surface area contributed by atoms with E-state index in [-0.39, 0.29) is 5.91 Å². The van der Waals surface area contributed by atoms with E-state index >= 15 is 0 Å². The molecule has 2 heterocycles. The van der Waals surface area contributed by atoms with Crippen LogP contribution in [0.5, 0.6) is 0 Å². The molecule has 0 spiro atoms. The Labute approximate surface area is 160 Å². The first-order valence-electron chi connectivity index (χ1n) is 9.04. The van der Waals surface area contributed by atoms with Gasteiger partial charge in [0, 0.05) is 64.9 Å². The van der Waals surface area contributed by atoms with Gasteiger partial charge < -0.3 is 15.5 Å². The highest BCUT2D eigenvalue weighted by molar-refractivity contribution is 5.93. The molecule has 0 saturated carbocycles. The molecular weight excluding hydrogens is 342 g/mol. The highest BCUT2D eigenvalue weighted by atomic mass is 16.1. The number of amides is 1. The number of carbonyl (C=O) groups excluding carboxylic acids is 1. The Morgan fingerprint density at radius 1 is 1.33 bits per heavy atom. The summed E-state index contributed by atoms with van der Waals surface area (Å²) in [5, 5.41) is 10.7. The molecule has 2 aromatic rings. The van der Waals surface area contributed by atoms with Crippen LogP contribution in [0.15, 0.2) is 35.7 Å². The average molecular weight is 371 g/mol. The average Bonchev–Trinajstić information content (AvgIpc) is 3.02. The van der Waals surface area contributed by atoms with Crippen LogP contribution < -0.4 is 10.6 Å². The summed E-state index contributed by atoms with van der Waals surface area (Å²) in [5.41, 5.74) is 2.84. The zero-order chi connectivity index (χ0) is 19.8. The molecule has 1 amide bonds. The lowest BCUT2D eigenvalue weighted by atomic mass is 10.1. The van der Waals surface area contributed by atoms with Crippen LogP contribution in [0.3, 0.4) is 0 Å². The summed E-state index contributed by atoms with van der Waals surface area (Å²) in [4.78, 5) is 22.3. The first-order valence-corrected chi connectivity index (χ1v) is 9.04. The summed E-state index contributed by atoms with van der Waals surface area (Å²) in [7, 11) is 5.67. The Bertz CT molecular complexity index is 768. The summed E-state index contributed by atoms with van der Waals surface area (Å²) < 4.78 is 1.85. The summed E-state index contributed by atoms with van der Waals surface area (Å²) in [6, 6.07) is 3.48. The fourth-order valence-electron chi connectivity index (χ4n) is 2.83.